The molecule has 1 heterocycles. The number of nitrogens with zero attached hydrogens (tertiary/aromatic N) is 1. The Balaban J connectivity index is 2.97. The van der Waals surface area contributed by atoms with Gasteiger partial charge in [-0.3, -0.25) is 0 Å². The summed E-state index contributed by atoms with van der Waals surface area (Å²) < 4.78 is 49.5. The number of rotatable bonds is 2. The molecule has 0 saturated carbocycles. The Kier molecular flexibility index (Phi) is 2.93. The minimum atomic E-state index is -3.68. The van der Waals surface area contributed by atoms with Crippen LogP contribution in [-0.2, 0) is 10.0 Å². The maximum atomic E-state index is 12.7. The Morgan fingerprint density at radius 1 is 1.06 bits per heavy atom. The van der Waals surface area contributed by atoms with E-state index >= 15 is 0 Å². The molecular weight excluding hydrogens is 236 g/mol. The number of sulfonamides is 1. The van der Waals surface area contributed by atoms with Gasteiger partial charge < -0.3 is 0 Å². The summed E-state index contributed by atoms with van der Waals surface area (Å²) in [5, 5.41) is 0. The van der Waals surface area contributed by atoms with Crippen molar-refractivity contribution in [2.45, 2.75) is 45.3 Å². The molecule has 0 bridgehead atoms. The van der Waals surface area contributed by atoms with E-state index in [4.69, 9.17) is 0 Å². The van der Waals surface area contributed by atoms with Crippen LogP contribution in [-0.4, -0.2) is 36.5 Å². The summed E-state index contributed by atoms with van der Waals surface area (Å²) in [6.45, 7) is 7.18. The van der Waals surface area contributed by atoms with Crippen molar-refractivity contribution >= 4 is 10.0 Å². The smallest absolute Gasteiger partial charge is 0.212 e. The van der Waals surface area contributed by atoms with Crippen molar-refractivity contribution in [3.05, 3.63) is 0 Å². The van der Waals surface area contributed by atoms with E-state index in [1.807, 2.05) is 0 Å². The lowest BCUT2D eigenvalue weighted by Crippen LogP contribution is -2.64. The summed E-state index contributed by atoms with van der Waals surface area (Å²) in [6, 6.07) is 0. The molecule has 1 aliphatic heterocycles. The highest BCUT2D eigenvalue weighted by Crippen LogP contribution is 2.42. The lowest BCUT2D eigenvalue weighted by atomic mass is 9.83. The molecular formula is C10H19F2NO2S. The van der Waals surface area contributed by atoms with Crippen molar-refractivity contribution in [1.82, 2.24) is 4.31 Å². The minimum Gasteiger partial charge on any atom is -0.212 e. The minimum absolute atomic E-state index is 0.503. The fourth-order valence-electron chi connectivity index (χ4n) is 1.35. The number of alkyl halides is 2. The molecule has 6 heteroatoms. The predicted molar refractivity (Wildman–Crippen MR) is 59.0 cm³/mol. The highest BCUT2D eigenvalue weighted by molar-refractivity contribution is 7.90. The van der Waals surface area contributed by atoms with Crippen LogP contribution in [0.4, 0.5) is 8.78 Å². The third-order valence-electron chi connectivity index (χ3n) is 3.61. The molecule has 1 fully saturated rings. The van der Waals surface area contributed by atoms with E-state index < -0.39 is 39.2 Å². The van der Waals surface area contributed by atoms with Crippen LogP contribution < -0.4 is 0 Å². The van der Waals surface area contributed by atoms with Gasteiger partial charge in [0.2, 0.25) is 10.0 Å². The van der Waals surface area contributed by atoms with Crippen LogP contribution in [0.5, 0.6) is 0 Å². The van der Waals surface area contributed by atoms with Gasteiger partial charge in [0.25, 0.3) is 5.92 Å². The summed E-state index contributed by atoms with van der Waals surface area (Å²) >= 11 is 0. The van der Waals surface area contributed by atoms with Gasteiger partial charge in [-0.15, -0.1) is 0 Å². The van der Waals surface area contributed by atoms with E-state index in [1.165, 1.54) is 0 Å². The SMILES string of the molecule is CC(C)(C)C(C)(C)S(=O)(=O)N1CC(F)(F)C1. The summed E-state index contributed by atoms with van der Waals surface area (Å²) in [7, 11) is -3.68. The van der Waals surface area contributed by atoms with Crippen molar-refractivity contribution in [3.8, 4) is 0 Å². The number of halogens is 2. The summed E-state index contributed by atoms with van der Waals surface area (Å²) in [6.07, 6.45) is 0. The van der Waals surface area contributed by atoms with Gasteiger partial charge >= 0.3 is 0 Å². The summed E-state index contributed by atoms with van der Waals surface area (Å²) in [4.78, 5) is 0. The van der Waals surface area contributed by atoms with Crippen LogP contribution in [0.1, 0.15) is 34.6 Å². The lowest BCUT2D eigenvalue weighted by molar-refractivity contribution is -0.0957. The zero-order valence-electron chi connectivity index (χ0n) is 10.3. The van der Waals surface area contributed by atoms with Crippen LogP contribution in [0.15, 0.2) is 0 Å². The first-order chi connectivity index (χ1) is 6.81. The molecule has 0 aromatic heterocycles. The van der Waals surface area contributed by atoms with Crippen molar-refractivity contribution in [2.75, 3.05) is 13.1 Å². The van der Waals surface area contributed by atoms with Crippen LogP contribution in [0, 0.1) is 5.41 Å². The maximum absolute atomic E-state index is 12.7. The van der Waals surface area contributed by atoms with Crippen molar-refractivity contribution < 1.29 is 17.2 Å². The van der Waals surface area contributed by atoms with Crippen molar-refractivity contribution in [1.29, 1.82) is 0 Å². The molecule has 1 aliphatic rings. The van der Waals surface area contributed by atoms with Gasteiger partial charge in [-0.25, -0.2) is 17.2 Å². The fourth-order valence-corrected chi connectivity index (χ4v) is 3.49. The topological polar surface area (TPSA) is 37.4 Å². The lowest BCUT2D eigenvalue weighted by Gasteiger charge is -2.46. The second kappa shape index (κ2) is 3.38. The van der Waals surface area contributed by atoms with Gasteiger partial charge in [0.05, 0.1) is 17.8 Å². The van der Waals surface area contributed by atoms with E-state index in [0.717, 1.165) is 4.31 Å². The highest BCUT2D eigenvalue weighted by Gasteiger charge is 2.56. The molecule has 0 atom stereocenters. The first-order valence-corrected chi connectivity index (χ1v) is 6.63. The van der Waals surface area contributed by atoms with Gasteiger partial charge in [0.15, 0.2) is 0 Å². The average molecular weight is 255 g/mol. The molecule has 0 amide bonds. The Bertz CT molecular complexity index is 374. The number of hydrogen-bond acceptors (Lipinski definition) is 2. The average Bonchev–Trinajstić information content (AvgIpc) is 1.97. The quantitative estimate of drug-likeness (QED) is 0.757. The van der Waals surface area contributed by atoms with Crippen LogP contribution in [0.25, 0.3) is 0 Å². The van der Waals surface area contributed by atoms with E-state index in [-0.39, 0.29) is 0 Å². The predicted octanol–water partition coefficient (Wildman–Crippen LogP) is 2.09. The van der Waals surface area contributed by atoms with E-state index in [0.29, 0.717) is 0 Å². The molecule has 1 rings (SSSR count). The first kappa shape index (κ1) is 13.8. The molecule has 16 heavy (non-hydrogen) atoms. The molecule has 0 N–H and O–H groups in total. The van der Waals surface area contributed by atoms with Gasteiger partial charge in [0, 0.05) is 0 Å². The van der Waals surface area contributed by atoms with Gasteiger partial charge in [0.1, 0.15) is 0 Å². The second-order valence-corrected chi connectivity index (χ2v) is 8.38. The molecule has 0 radical (unpaired) electrons. The molecule has 0 aromatic carbocycles. The Hall–Kier alpha value is -0.230. The molecule has 1 saturated heterocycles. The second-order valence-electron chi connectivity index (χ2n) is 5.89. The third-order valence-corrected chi connectivity index (χ3v) is 6.45. The van der Waals surface area contributed by atoms with Gasteiger partial charge in [-0.2, -0.15) is 4.31 Å². The fraction of sp³-hybridized carbons (Fsp3) is 1.00. The molecule has 0 unspecified atom stereocenters. The van der Waals surface area contributed by atoms with Crippen LogP contribution in [0.2, 0.25) is 0 Å². The third kappa shape index (κ3) is 1.97. The standard InChI is InChI=1S/C10H19F2NO2S/c1-8(2,3)9(4,5)16(14,15)13-6-10(11,12)7-13/h6-7H2,1-5H3. The normalized spacial score (nSPS) is 22.9. The van der Waals surface area contributed by atoms with Gasteiger partial charge in [-0.1, -0.05) is 20.8 Å². The maximum Gasteiger partial charge on any atom is 0.275 e. The Morgan fingerprint density at radius 3 is 1.69 bits per heavy atom. The van der Waals surface area contributed by atoms with Gasteiger partial charge in [-0.05, 0) is 19.3 Å². The highest BCUT2D eigenvalue weighted by atomic mass is 32.2. The zero-order chi connectivity index (χ0) is 13.0. The molecule has 0 aliphatic carbocycles. The largest absolute Gasteiger partial charge is 0.275 e. The van der Waals surface area contributed by atoms with E-state index in [2.05, 4.69) is 0 Å². The molecule has 0 aromatic rings. The van der Waals surface area contributed by atoms with Crippen LogP contribution >= 0.6 is 0 Å². The molecule has 96 valence electrons. The monoisotopic (exact) mass is 255 g/mol. The first-order valence-electron chi connectivity index (χ1n) is 5.19. The summed E-state index contributed by atoms with van der Waals surface area (Å²) in [5.41, 5.74) is -0.503. The van der Waals surface area contributed by atoms with Crippen molar-refractivity contribution in [3.63, 3.8) is 0 Å². The summed E-state index contributed by atoms with van der Waals surface area (Å²) in [5.74, 6) is -2.86. The van der Waals surface area contributed by atoms with Crippen molar-refractivity contribution in [2.24, 2.45) is 5.41 Å². The Morgan fingerprint density at radius 2 is 1.44 bits per heavy atom. The van der Waals surface area contributed by atoms with E-state index in [9.17, 15) is 17.2 Å². The van der Waals surface area contributed by atoms with E-state index in [1.54, 1.807) is 34.6 Å². The molecule has 0 spiro atoms. The number of hydrogen-bond donors (Lipinski definition) is 0. The van der Waals surface area contributed by atoms with Crippen LogP contribution in [0.3, 0.4) is 0 Å². The zero-order valence-corrected chi connectivity index (χ0v) is 11.2. The molecule has 3 nitrogen and oxygen atoms in total. The Labute approximate surface area is 95.9 Å².